The monoisotopic (exact) mass is 251 g/mol. The van der Waals surface area contributed by atoms with Crippen molar-refractivity contribution in [3.05, 3.63) is 35.4 Å². The molecule has 1 aromatic rings. The third-order valence-electron chi connectivity index (χ3n) is 1.86. The molecule has 0 radical (unpaired) electrons. The minimum Gasteiger partial charge on any atom is -0.395 e. The highest BCUT2D eigenvalue weighted by molar-refractivity contribution is 7.89. The molecule has 0 aliphatic heterocycles. The van der Waals surface area contributed by atoms with Gasteiger partial charge in [-0.1, -0.05) is 6.07 Å². The van der Waals surface area contributed by atoms with Gasteiger partial charge in [-0.15, -0.1) is 0 Å². The highest BCUT2D eigenvalue weighted by Crippen LogP contribution is 2.09. The minimum absolute atomic E-state index is 0.0444. The molecule has 0 saturated heterocycles. The highest BCUT2D eigenvalue weighted by atomic mass is 32.2. The Morgan fingerprint density at radius 2 is 2.00 bits per heavy atom. The standard InChI is InChI=1S/C9H11F2NO3S/c10-8-2-1-7(9(11)5-8)6-12-16(14,15)4-3-13/h1-2,5,12-13H,3-4,6H2. The second kappa shape index (κ2) is 5.33. The number of sulfonamides is 1. The van der Waals surface area contributed by atoms with Crippen molar-refractivity contribution in [2.45, 2.75) is 6.54 Å². The summed E-state index contributed by atoms with van der Waals surface area (Å²) in [5.74, 6) is -1.98. The largest absolute Gasteiger partial charge is 0.395 e. The van der Waals surface area contributed by atoms with Crippen LogP contribution in [0.25, 0.3) is 0 Å². The Bertz CT molecular complexity index is 462. The zero-order chi connectivity index (χ0) is 12.2. The molecule has 0 aliphatic carbocycles. The van der Waals surface area contributed by atoms with Gasteiger partial charge in [0.25, 0.3) is 0 Å². The molecule has 0 amide bonds. The van der Waals surface area contributed by atoms with E-state index >= 15 is 0 Å². The van der Waals surface area contributed by atoms with Crippen molar-refractivity contribution in [3.63, 3.8) is 0 Å². The van der Waals surface area contributed by atoms with Gasteiger partial charge in [-0.2, -0.15) is 0 Å². The van der Waals surface area contributed by atoms with Gasteiger partial charge in [0.1, 0.15) is 11.6 Å². The van der Waals surface area contributed by atoms with Gasteiger partial charge in [0.2, 0.25) is 10.0 Å². The molecule has 0 saturated carbocycles. The second-order valence-electron chi connectivity index (χ2n) is 3.10. The molecular formula is C9H11F2NO3S. The highest BCUT2D eigenvalue weighted by Gasteiger charge is 2.10. The van der Waals surface area contributed by atoms with Crippen molar-refractivity contribution >= 4 is 10.0 Å². The Balaban J connectivity index is 2.68. The summed E-state index contributed by atoms with van der Waals surface area (Å²) in [5.41, 5.74) is 0.0444. The lowest BCUT2D eigenvalue weighted by atomic mass is 10.2. The van der Waals surface area contributed by atoms with Crippen LogP contribution in [0.3, 0.4) is 0 Å². The summed E-state index contributed by atoms with van der Waals surface area (Å²) in [6.07, 6.45) is 0. The molecule has 1 rings (SSSR count). The van der Waals surface area contributed by atoms with Crippen molar-refractivity contribution in [2.24, 2.45) is 0 Å². The number of benzene rings is 1. The van der Waals surface area contributed by atoms with Crippen molar-refractivity contribution in [1.29, 1.82) is 0 Å². The molecule has 16 heavy (non-hydrogen) atoms. The minimum atomic E-state index is -3.62. The van der Waals surface area contributed by atoms with Crippen LogP contribution >= 0.6 is 0 Å². The summed E-state index contributed by atoms with van der Waals surface area (Å²) >= 11 is 0. The lowest BCUT2D eigenvalue weighted by Gasteiger charge is -2.06. The van der Waals surface area contributed by atoms with Crippen LogP contribution < -0.4 is 4.72 Å². The van der Waals surface area contributed by atoms with E-state index in [0.717, 1.165) is 12.1 Å². The fourth-order valence-electron chi connectivity index (χ4n) is 1.05. The van der Waals surface area contributed by atoms with E-state index < -0.39 is 34.0 Å². The predicted octanol–water partition coefficient (Wildman–Crippen LogP) is 0.376. The van der Waals surface area contributed by atoms with E-state index in [-0.39, 0.29) is 12.1 Å². The smallest absolute Gasteiger partial charge is 0.214 e. The average molecular weight is 251 g/mol. The quantitative estimate of drug-likeness (QED) is 0.795. The third kappa shape index (κ3) is 3.84. The van der Waals surface area contributed by atoms with E-state index in [2.05, 4.69) is 4.72 Å². The first-order valence-electron chi connectivity index (χ1n) is 4.47. The van der Waals surface area contributed by atoms with Crippen LogP contribution in [-0.4, -0.2) is 25.9 Å². The summed E-state index contributed by atoms with van der Waals surface area (Å²) < 4.78 is 49.9. The number of rotatable bonds is 5. The first-order valence-corrected chi connectivity index (χ1v) is 6.12. The first-order chi connectivity index (χ1) is 7.44. The third-order valence-corrected chi connectivity index (χ3v) is 3.16. The van der Waals surface area contributed by atoms with Crippen molar-refractivity contribution in [2.75, 3.05) is 12.4 Å². The van der Waals surface area contributed by atoms with Crippen molar-refractivity contribution in [1.82, 2.24) is 4.72 Å². The van der Waals surface area contributed by atoms with E-state index in [1.54, 1.807) is 0 Å². The number of halogens is 2. The summed E-state index contributed by atoms with van der Waals surface area (Å²) in [6, 6.07) is 2.88. The summed E-state index contributed by atoms with van der Waals surface area (Å²) in [5, 5.41) is 8.45. The van der Waals surface area contributed by atoms with Crippen LogP contribution in [0.1, 0.15) is 5.56 Å². The number of hydrogen-bond acceptors (Lipinski definition) is 3. The van der Waals surface area contributed by atoms with Crippen LogP contribution in [0.4, 0.5) is 8.78 Å². The summed E-state index contributed by atoms with van der Waals surface area (Å²) in [6.45, 7) is -0.782. The van der Waals surface area contributed by atoms with Gasteiger partial charge in [0.05, 0.1) is 12.4 Å². The average Bonchev–Trinajstić information content (AvgIpc) is 2.16. The lowest BCUT2D eigenvalue weighted by molar-refractivity contribution is 0.319. The molecule has 2 N–H and O–H groups in total. The predicted molar refractivity (Wildman–Crippen MR) is 54.1 cm³/mol. The van der Waals surface area contributed by atoms with Gasteiger partial charge >= 0.3 is 0 Å². The van der Waals surface area contributed by atoms with Crippen LogP contribution in [0, 0.1) is 11.6 Å². The second-order valence-corrected chi connectivity index (χ2v) is 5.03. The fourth-order valence-corrected chi connectivity index (χ4v) is 1.81. The van der Waals surface area contributed by atoms with Gasteiger partial charge in [-0.05, 0) is 6.07 Å². The van der Waals surface area contributed by atoms with Gasteiger partial charge in [-0.25, -0.2) is 21.9 Å². The van der Waals surface area contributed by atoms with E-state index in [9.17, 15) is 17.2 Å². The van der Waals surface area contributed by atoms with E-state index in [1.807, 2.05) is 0 Å². The van der Waals surface area contributed by atoms with E-state index in [4.69, 9.17) is 5.11 Å². The molecule has 90 valence electrons. The van der Waals surface area contributed by atoms with E-state index in [0.29, 0.717) is 6.07 Å². The molecule has 1 aromatic carbocycles. The summed E-state index contributed by atoms with van der Waals surface area (Å²) in [4.78, 5) is 0. The Labute approximate surface area is 92.0 Å². The van der Waals surface area contributed by atoms with Gasteiger partial charge in [-0.3, -0.25) is 0 Å². The molecule has 0 spiro atoms. The Morgan fingerprint density at radius 1 is 1.31 bits per heavy atom. The fraction of sp³-hybridized carbons (Fsp3) is 0.333. The number of aliphatic hydroxyl groups excluding tert-OH is 1. The molecule has 4 nitrogen and oxygen atoms in total. The Kier molecular flexibility index (Phi) is 4.34. The van der Waals surface area contributed by atoms with Gasteiger partial charge in [0, 0.05) is 18.2 Å². The normalized spacial score (nSPS) is 11.7. The van der Waals surface area contributed by atoms with Crippen LogP contribution in [-0.2, 0) is 16.6 Å². The molecule has 0 fully saturated rings. The summed E-state index contributed by atoms with van der Waals surface area (Å²) in [7, 11) is -3.62. The van der Waals surface area contributed by atoms with Crippen molar-refractivity contribution in [3.8, 4) is 0 Å². The maximum absolute atomic E-state index is 13.1. The maximum atomic E-state index is 13.1. The van der Waals surface area contributed by atoms with Crippen LogP contribution in [0.5, 0.6) is 0 Å². The molecule has 0 heterocycles. The molecule has 0 unspecified atom stereocenters. The van der Waals surface area contributed by atoms with Gasteiger partial charge < -0.3 is 5.11 Å². The molecule has 0 aromatic heterocycles. The topological polar surface area (TPSA) is 66.4 Å². The molecular weight excluding hydrogens is 240 g/mol. The van der Waals surface area contributed by atoms with Crippen LogP contribution in [0.15, 0.2) is 18.2 Å². The van der Waals surface area contributed by atoms with Gasteiger partial charge in [0.15, 0.2) is 0 Å². The molecule has 0 aliphatic rings. The van der Waals surface area contributed by atoms with Crippen molar-refractivity contribution < 1.29 is 22.3 Å². The van der Waals surface area contributed by atoms with Crippen LogP contribution in [0.2, 0.25) is 0 Å². The maximum Gasteiger partial charge on any atom is 0.214 e. The molecule has 0 bridgehead atoms. The Morgan fingerprint density at radius 3 is 2.56 bits per heavy atom. The lowest BCUT2D eigenvalue weighted by Crippen LogP contribution is -2.27. The molecule has 0 atom stereocenters. The first kappa shape index (κ1) is 13.0. The number of nitrogens with one attached hydrogen (secondary N) is 1. The zero-order valence-corrected chi connectivity index (χ0v) is 9.10. The number of aliphatic hydroxyl groups is 1. The SMILES string of the molecule is O=S(=O)(CCO)NCc1ccc(F)cc1F. The Hall–Kier alpha value is -1.05. The van der Waals surface area contributed by atoms with E-state index in [1.165, 1.54) is 0 Å². The zero-order valence-electron chi connectivity index (χ0n) is 8.28. The number of hydrogen-bond donors (Lipinski definition) is 2. The molecule has 7 heteroatoms.